The van der Waals surface area contributed by atoms with Crippen LogP contribution in [0.25, 0.3) is 0 Å². The van der Waals surface area contributed by atoms with E-state index in [2.05, 4.69) is 21.6 Å². The molecule has 0 amide bonds. The van der Waals surface area contributed by atoms with Crippen molar-refractivity contribution in [1.82, 2.24) is 0 Å². The zero-order chi connectivity index (χ0) is 9.10. The van der Waals surface area contributed by atoms with E-state index in [1.54, 1.807) is 0 Å². The van der Waals surface area contributed by atoms with Crippen molar-refractivity contribution in [2.24, 2.45) is 0 Å². The van der Waals surface area contributed by atoms with Gasteiger partial charge in [-0.15, -0.1) is 0 Å². The van der Waals surface area contributed by atoms with E-state index in [-0.39, 0.29) is 6.10 Å². The summed E-state index contributed by atoms with van der Waals surface area (Å²) in [6.45, 7) is 0.886. The first-order chi connectivity index (χ1) is 6.40. The molecule has 1 aromatic carbocycles. The van der Waals surface area contributed by atoms with Crippen LogP contribution in [0.3, 0.4) is 0 Å². The second-order valence-corrected chi connectivity index (χ2v) is 3.50. The zero-order valence-corrected chi connectivity index (χ0v) is 8.50. The smallest absolute Gasteiger partial charge is 0.0886 e. The fourth-order valence-corrected chi connectivity index (χ4v) is 1.65. The second-order valence-electron chi connectivity index (χ2n) is 3.23. The molecule has 1 aromatic rings. The third-order valence-corrected chi connectivity index (χ3v) is 2.54. The number of benzene rings is 1. The van der Waals surface area contributed by atoms with Gasteiger partial charge in [-0.05, 0) is 5.56 Å². The fourth-order valence-electron chi connectivity index (χ4n) is 1.38. The fraction of sp³-hybridized carbons (Fsp3) is 0.400. The Morgan fingerprint density at radius 2 is 2.15 bits per heavy atom. The van der Waals surface area contributed by atoms with Crippen LogP contribution in [0.1, 0.15) is 18.1 Å². The molecule has 3 unspecified atom stereocenters. The monoisotopic (exact) mass is 196 g/mol. The summed E-state index contributed by atoms with van der Waals surface area (Å²) in [7, 11) is 2.33. The Morgan fingerprint density at radius 3 is 2.69 bits per heavy atom. The third-order valence-electron chi connectivity index (χ3n) is 2.21. The van der Waals surface area contributed by atoms with Crippen molar-refractivity contribution in [3.8, 4) is 0 Å². The topological polar surface area (TPSA) is 21.8 Å². The quantitative estimate of drug-likeness (QED) is 0.544. The standard InChI is InChI=1S/C10H13O2P/c13-12-10(6-9-7-11-9)8-4-2-1-3-5-8/h1-5,9-10H,6-7,13H2. The Bertz CT molecular complexity index is 259. The van der Waals surface area contributed by atoms with E-state index < -0.39 is 0 Å². The molecular weight excluding hydrogens is 183 g/mol. The number of rotatable bonds is 4. The van der Waals surface area contributed by atoms with Gasteiger partial charge in [0.25, 0.3) is 0 Å². The van der Waals surface area contributed by atoms with Crippen LogP contribution >= 0.6 is 9.47 Å². The van der Waals surface area contributed by atoms with Gasteiger partial charge in [0.15, 0.2) is 0 Å². The molecular formula is C10H13O2P. The summed E-state index contributed by atoms with van der Waals surface area (Å²) in [5.74, 6) is 0. The molecule has 1 heterocycles. The summed E-state index contributed by atoms with van der Waals surface area (Å²) in [5, 5.41) is 0. The first-order valence-corrected chi connectivity index (χ1v) is 4.89. The van der Waals surface area contributed by atoms with Gasteiger partial charge in [0.2, 0.25) is 0 Å². The third kappa shape index (κ3) is 2.50. The molecule has 0 bridgehead atoms. The summed E-state index contributed by atoms with van der Waals surface area (Å²) in [4.78, 5) is 0. The summed E-state index contributed by atoms with van der Waals surface area (Å²) < 4.78 is 10.5. The number of hydrogen-bond acceptors (Lipinski definition) is 2. The molecule has 0 radical (unpaired) electrons. The Morgan fingerprint density at radius 1 is 1.46 bits per heavy atom. The minimum Gasteiger partial charge on any atom is -0.373 e. The number of ether oxygens (including phenoxy) is 1. The molecule has 1 fully saturated rings. The molecule has 0 aliphatic carbocycles. The lowest BCUT2D eigenvalue weighted by Gasteiger charge is -2.13. The van der Waals surface area contributed by atoms with Gasteiger partial charge < -0.3 is 9.26 Å². The molecule has 1 aliphatic rings. The van der Waals surface area contributed by atoms with Crippen LogP contribution in [-0.2, 0) is 9.26 Å². The van der Waals surface area contributed by atoms with Crippen molar-refractivity contribution < 1.29 is 9.26 Å². The first-order valence-electron chi connectivity index (χ1n) is 4.42. The highest BCUT2D eigenvalue weighted by molar-refractivity contribution is 7.09. The second kappa shape index (κ2) is 4.19. The number of hydrogen-bond donors (Lipinski definition) is 0. The average Bonchev–Trinajstić information content (AvgIpc) is 2.99. The van der Waals surface area contributed by atoms with Gasteiger partial charge >= 0.3 is 0 Å². The predicted molar refractivity (Wildman–Crippen MR) is 54.3 cm³/mol. The Labute approximate surface area is 80.5 Å². The van der Waals surface area contributed by atoms with Gasteiger partial charge in [0.1, 0.15) is 0 Å². The van der Waals surface area contributed by atoms with Gasteiger partial charge in [0, 0.05) is 15.9 Å². The maximum Gasteiger partial charge on any atom is 0.0886 e. The number of epoxide rings is 1. The minimum absolute atomic E-state index is 0.152. The lowest BCUT2D eigenvalue weighted by Crippen LogP contribution is -2.02. The van der Waals surface area contributed by atoms with Gasteiger partial charge in [-0.2, -0.15) is 0 Å². The molecule has 1 aliphatic heterocycles. The van der Waals surface area contributed by atoms with E-state index in [0.717, 1.165) is 13.0 Å². The van der Waals surface area contributed by atoms with E-state index >= 15 is 0 Å². The van der Waals surface area contributed by atoms with Gasteiger partial charge in [0.05, 0.1) is 18.8 Å². The van der Waals surface area contributed by atoms with Gasteiger partial charge in [-0.1, -0.05) is 30.3 Å². The maximum atomic E-state index is 5.32. The molecule has 0 aromatic heterocycles. The SMILES string of the molecule is POC(CC1CO1)c1ccccc1. The maximum absolute atomic E-state index is 5.32. The molecule has 1 saturated heterocycles. The molecule has 0 N–H and O–H groups in total. The molecule has 2 rings (SSSR count). The molecule has 3 heteroatoms. The summed E-state index contributed by atoms with van der Waals surface area (Å²) in [6.07, 6.45) is 1.51. The largest absolute Gasteiger partial charge is 0.373 e. The lowest BCUT2D eigenvalue weighted by atomic mass is 10.1. The highest BCUT2D eigenvalue weighted by atomic mass is 31.0. The average molecular weight is 196 g/mol. The van der Waals surface area contributed by atoms with Crippen LogP contribution in [0.4, 0.5) is 0 Å². The minimum atomic E-state index is 0.152. The highest BCUT2D eigenvalue weighted by Gasteiger charge is 2.27. The molecule has 0 spiro atoms. The normalized spacial score (nSPS) is 22.7. The highest BCUT2D eigenvalue weighted by Crippen LogP contribution is 2.29. The van der Waals surface area contributed by atoms with Gasteiger partial charge in [-0.3, -0.25) is 0 Å². The lowest BCUT2D eigenvalue weighted by molar-refractivity contribution is 0.211. The predicted octanol–water partition coefficient (Wildman–Crippen LogP) is 2.32. The van der Waals surface area contributed by atoms with Crippen molar-refractivity contribution in [3.63, 3.8) is 0 Å². The Hall–Kier alpha value is -0.430. The van der Waals surface area contributed by atoms with Crippen molar-refractivity contribution in [2.75, 3.05) is 6.61 Å². The molecule has 70 valence electrons. The Balaban J connectivity index is 2.02. The van der Waals surface area contributed by atoms with Gasteiger partial charge in [-0.25, -0.2) is 0 Å². The molecule has 13 heavy (non-hydrogen) atoms. The van der Waals surface area contributed by atoms with E-state index in [4.69, 9.17) is 9.26 Å². The molecule has 3 atom stereocenters. The Kier molecular flexibility index (Phi) is 2.94. The van der Waals surface area contributed by atoms with E-state index in [1.165, 1.54) is 5.56 Å². The van der Waals surface area contributed by atoms with Crippen molar-refractivity contribution >= 4 is 9.47 Å². The van der Waals surface area contributed by atoms with E-state index in [1.807, 2.05) is 18.2 Å². The van der Waals surface area contributed by atoms with Crippen LogP contribution in [0.5, 0.6) is 0 Å². The van der Waals surface area contributed by atoms with Crippen LogP contribution < -0.4 is 0 Å². The first kappa shape index (κ1) is 9.14. The van der Waals surface area contributed by atoms with Crippen LogP contribution in [0, 0.1) is 0 Å². The molecule has 0 saturated carbocycles. The van der Waals surface area contributed by atoms with Crippen molar-refractivity contribution in [3.05, 3.63) is 35.9 Å². The summed E-state index contributed by atoms with van der Waals surface area (Å²) in [5.41, 5.74) is 1.22. The zero-order valence-electron chi connectivity index (χ0n) is 7.35. The van der Waals surface area contributed by atoms with E-state index in [0.29, 0.717) is 6.10 Å². The van der Waals surface area contributed by atoms with Crippen LogP contribution in [0.2, 0.25) is 0 Å². The summed E-state index contributed by atoms with van der Waals surface area (Å²) >= 11 is 0. The summed E-state index contributed by atoms with van der Waals surface area (Å²) in [6, 6.07) is 10.2. The van der Waals surface area contributed by atoms with Crippen molar-refractivity contribution in [1.29, 1.82) is 0 Å². The van der Waals surface area contributed by atoms with Crippen molar-refractivity contribution in [2.45, 2.75) is 18.6 Å². The van der Waals surface area contributed by atoms with Crippen LogP contribution in [-0.4, -0.2) is 12.7 Å². The van der Waals surface area contributed by atoms with Crippen LogP contribution in [0.15, 0.2) is 30.3 Å². The molecule has 2 nitrogen and oxygen atoms in total. The van der Waals surface area contributed by atoms with E-state index in [9.17, 15) is 0 Å².